The molecule has 6 heteroatoms. The van der Waals surface area contributed by atoms with Gasteiger partial charge in [-0.1, -0.05) is 31.2 Å². The quantitative estimate of drug-likeness (QED) is 0.848. The molecule has 112 valence electrons. The van der Waals surface area contributed by atoms with E-state index < -0.39 is 10.2 Å². The van der Waals surface area contributed by atoms with E-state index in [1.807, 2.05) is 24.3 Å². The summed E-state index contributed by atoms with van der Waals surface area (Å²) < 4.78 is 28.7. The number of rotatable bonds is 5. The first-order valence-corrected chi connectivity index (χ1v) is 8.87. The molecule has 4 nitrogen and oxygen atoms in total. The molecule has 1 aromatic carbocycles. The van der Waals surface area contributed by atoms with Crippen LogP contribution < -0.4 is 4.72 Å². The molecule has 1 heterocycles. The van der Waals surface area contributed by atoms with Crippen LogP contribution in [0.5, 0.6) is 0 Å². The third-order valence-corrected chi connectivity index (χ3v) is 5.39. The van der Waals surface area contributed by atoms with Crippen molar-refractivity contribution in [2.45, 2.75) is 32.2 Å². The Morgan fingerprint density at radius 1 is 1.40 bits per heavy atom. The summed E-state index contributed by atoms with van der Waals surface area (Å²) in [5.41, 5.74) is 1.92. The van der Waals surface area contributed by atoms with Crippen molar-refractivity contribution in [2.75, 3.05) is 13.1 Å². The summed E-state index contributed by atoms with van der Waals surface area (Å²) in [6, 6.07) is 7.65. The molecular formula is C14H21ClN2O2S. The van der Waals surface area contributed by atoms with Crippen LogP contribution in [0.25, 0.3) is 0 Å². The number of benzene rings is 1. The van der Waals surface area contributed by atoms with Crippen LogP contribution >= 0.6 is 11.6 Å². The van der Waals surface area contributed by atoms with Gasteiger partial charge < -0.3 is 0 Å². The fraction of sp³-hybridized carbons (Fsp3) is 0.571. The highest BCUT2D eigenvalue weighted by Gasteiger charge is 2.26. The Bertz CT molecular complexity index is 548. The summed E-state index contributed by atoms with van der Waals surface area (Å²) in [5, 5.41) is 0. The molecule has 0 radical (unpaired) electrons. The standard InChI is InChI=1S/C14H21ClN2O2S/c1-12-4-3-7-17(11-12)20(18,19)16-10-14-6-2-5-13(8-14)9-15/h2,5-6,8,12,16H,3-4,7,9-11H2,1H3. The van der Waals surface area contributed by atoms with Gasteiger partial charge in [-0.15, -0.1) is 11.6 Å². The highest BCUT2D eigenvalue weighted by Crippen LogP contribution is 2.18. The van der Waals surface area contributed by atoms with Crippen LogP contribution in [0, 0.1) is 5.92 Å². The van der Waals surface area contributed by atoms with Gasteiger partial charge in [0.1, 0.15) is 0 Å². The number of halogens is 1. The molecule has 0 bridgehead atoms. The fourth-order valence-corrected chi connectivity index (χ4v) is 3.97. The third kappa shape index (κ3) is 4.19. The largest absolute Gasteiger partial charge is 0.279 e. The molecule has 2 rings (SSSR count). The van der Waals surface area contributed by atoms with Crippen LogP contribution in [-0.2, 0) is 22.6 Å². The van der Waals surface area contributed by atoms with E-state index in [1.54, 1.807) is 4.31 Å². The van der Waals surface area contributed by atoms with Gasteiger partial charge in [-0.3, -0.25) is 0 Å². The highest BCUT2D eigenvalue weighted by atomic mass is 35.5. The molecule has 0 amide bonds. The van der Waals surface area contributed by atoms with Crippen molar-refractivity contribution in [1.29, 1.82) is 0 Å². The summed E-state index contributed by atoms with van der Waals surface area (Å²) in [6.07, 6.45) is 2.04. The lowest BCUT2D eigenvalue weighted by Gasteiger charge is -2.30. The van der Waals surface area contributed by atoms with E-state index in [9.17, 15) is 8.42 Å². The summed E-state index contributed by atoms with van der Waals surface area (Å²) >= 11 is 5.78. The lowest BCUT2D eigenvalue weighted by Crippen LogP contribution is -2.45. The second-order valence-corrected chi connectivity index (χ2v) is 7.41. The number of piperidine rings is 1. The molecule has 1 fully saturated rings. The maximum atomic E-state index is 12.2. The second kappa shape index (κ2) is 6.89. The van der Waals surface area contributed by atoms with Crippen molar-refractivity contribution in [3.8, 4) is 0 Å². The lowest BCUT2D eigenvalue weighted by molar-refractivity contribution is 0.278. The molecule has 1 saturated heterocycles. The molecule has 0 aromatic heterocycles. The van der Waals surface area contributed by atoms with E-state index in [0.717, 1.165) is 24.0 Å². The number of hydrogen-bond donors (Lipinski definition) is 1. The van der Waals surface area contributed by atoms with E-state index in [0.29, 0.717) is 31.4 Å². The van der Waals surface area contributed by atoms with Gasteiger partial charge in [-0.2, -0.15) is 17.4 Å². The van der Waals surface area contributed by atoms with Gasteiger partial charge in [0.2, 0.25) is 0 Å². The Hall–Kier alpha value is -0.620. The zero-order valence-electron chi connectivity index (χ0n) is 11.7. The predicted molar refractivity (Wildman–Crippen MR) is 81.7 cm³/mol. The molecule has 0 spiro atoms. The van der Waals surface area contributed by atoms with Crippen molar-refractivity contribution >= 4 is 21.8 Å². The number of nitrogens with one attached hydrogen (secondary N) is 1. The molecule has 1 aromatic rings. The van der Waals surface area contributed by atoms with Crippen molar-refractivity contribution < 1.29 is 8.42 Å². The fourth-order valence-electron chi connectivity index (χ4n) is 2.45. The van der Waals surface area contributed by atoms with Crippen LogP contribution in [-0.4, -0.2) is 25.8 Å². The van der Waals surface area contributed by atoms with Crippen molar-refractivity contribution in [2.24, 2.45) is 5.92 Å². The minimum Gasteiger partial charge on any atom is -0.198 e. The molecule has 1 aliphatic rings. The van der Waals surface area contributed by atoms with E-state index in [-0.39, 0.29) is 0 Å². The Morgan fingerprint density at radius 2 is 2.15 bits per heavy atom. The average molecular weight is 317 g/mol. The van der Waals surface area contributed by atoms with Crippen LogP contribution in [0.1, 0.15) is 30.9 Å². The Kier molecular flexibility index (Phi) is 5.43. The average Bonchev–Trinajstić information content (AvgIpc) is 2.45. The minimum absolute atomic E-state index is 0.304. The normalized spacial score (nSPS) is 21.0. The molecule has 0 saturated carbocycles. The maximum Gasteiger partial charge on any atom is 0.279 e. The first kappa shape index (κ1) is 15.8. The first-order valence-electron chi connectivity index (χ1n) is 6.90. The van der Waals surface area contributed by atoms with Gasteiger partial charge in [0, 0.05) is 25.5 Å². The molecule has 1 atom stereocenters. The van der Waals surface area contributed by atoms with Crippen molar-refractivity contribution in [3.63, 3.8) is 0 Å². The molecule has 20 heavy (non-hydrogen) atoms. The van der Waals surface area contributed by atoms with Crippen LogP contribution in [0.2, 0.25) is 0 Å². The number of hydrogen-bond acceptors (Lipinski definition) is 2. The van der Waals surface area contributed by atoms with Crippen LogP contribution in [0.4, 0.5) is 0 Å². The zero-order chi connectivity index (χ0) is 14.6. The van der Waals surface area contributed by atoms with E-state index in [1.165, 1.54) is 0 Å². The smallest absolute Gasteiger partial charge is 0.198 e. The lowest BCUT2D eigenvalue weighted by atomic mass is 10.0. The summed E-state index contributed by atoms with van der Waals surface area (Å²) in [7, 11) is -3.38. The van der Waals surface area contributed by atoms with Gasteiger partial charge in [-0.05, 0) is 29.9 Å². The van der Waals surface area contributed by atoms with E-state index in [2.05, 4.69) is 11.6 Å². The highest BCUT2D eigenvalue weighted by molar-refractivity contribution is 7.87. The van der Waals surface area contributed by atoms with E-state index in [4.69, 9.17) is 11.6 Å². The summed E-state index contributed by atoms with van der Waals surface area (Å²) in [5.74, 6) is 0.865. The van der Waals surface area contributed by atoms with Crippen LogP contribution in [0.15, 0.2) is 24.3 Å². The van der Waals surface area contributed by atoms with Gasteiger partial charge in [0.15, 0.2) is 0 Å². The molecule has 0 aliphatic carbocycles. The monoisotopic (exact) mass is 316 g/mol. The third-order valence-electron chi connectivity index (χ3n) is 3.56. The molecule has 1 aliphatic heterocycles. The molecular weight excluding hydrogens is 296 g/mol. The summed E-state index contributed by atoms with van der Waals surface area (Å²) in [4.78, 5) is 0. The topological polar surface area (TPSA) is 49.4 Å². The zero-order valence-corrected chi connectivity index (χ0v) is 13.3. The Morgan fingerprint density at radius 3 is 2.85 bits per heavy atom. The van der Waals surface area contributed by atoms with Gasteiger partial charge in [-0.25, -0.2) is 0 Å². The maximum absolute atomic E-state index is 12.2. The predicted octanol–water partition coefficient (Wildman–Crippen LogP) is 2.49. The van der Waals surface area contributed by atoms with Crippen molar-refractivity contribution in [3.05, 3.63) is 35.4 Å². The molecule has 1 N–H and O–H groups in total. The van der Waals surface area contributed by atoms with Gasteiger partial charge >= 0.3 is 0 Å². The Balaban J connectivity index is 1.97. The second-order valence-electron chi connectivity index (χ2n) is 5.39. The van der Waals surface area contributed by atoms with Crippen LogP contribution in [0.3, 0.4) is 0 Å². The Labute approximate surface area is 126 Å². The minimum atomic E-state index is -3.38. The first-order chi connectivity index (χ1) is 9.51. The van der Waals surface area contributed by atoms with Crippen molar-refractivity contribution in [1.82, 2.24) is 9.03 Å². The molecule has 1 unspecified atom stereocenters. The number of nitrogens with zero attached hydrogens (tertiary/aromatic N) is 1. The van der Waals surface area contributed by atoms with Gasteiger partial charge in [0.25, 0.3) is 10.2 Å². The summed E-state index contributed by atoms with van der Waals surface area (Å²) in [6.45, 7) is 3.61. The number of alkyl halides is 1. The van der Waals surface area contributed by atoms with E-state index >= 15 is 0 Å². The SMILES string of the molecule is CC1CCCN(S(=O)(=O)NCc2cccc(CCl)c2)C1. The van der Waals surface area contributed by atoms with Gasteiger partial charge in [0.05, 0.1) is 0 Å².